The van der Waals surface area contributed by atoms with Crippen LogP contribution in [0.5, 0.6) is 5.75 Å². The maximum Gasteiger partial charge on any atom is 0.250 e. The molecule has 2 saturated carbocycles. The standard InChI is InChI=1S/C26H38O4Si/c1-24(2,3)31(5,6)30-16-7-8-17-18-9-11-25(4)20(10-12-26(25)27-13-14-28-26)21(18)23-22(29-23)19(17)15-16/h7-8,15,18,20-23H,9-14H2,1-6H3/t18?,20?,21?,22-,23?,25+/m1/s1. The third kappa shape index (κ3) is 2.76. The van der Waals surface area contributed by atoms with E-state index in [2.05, 4.69) is 59.0 Å². The zero-order chi connectivity index (χ0) is 21.8. The molecule has 3 aliphatic carbocycles. The SMILES string of the molecule is CC(C)(C)[Si](C)(C)Oc1ccc2c(c1)[C@H]1OC1C1C2CC[C@@]2(C)C1CCC21OCCO1. The van der Waals surface area contributed by atoms with Crippen LogP contribution in [0, 0.1) is 17.3 Å². The van der Waals surface area contributed by atoms with Crippen molar-refractivity contribution in [2.75, 3.05) is 13.2 Å². The minimum atomic E-state index is -1.85. The van der Waals surface area contributed by atoms with Gasteiger partial charge in [0.15, 0.2) is 5.79 Å². The number of rotatable bonds is 2. The van der Waals surface area contributed by atoms with Crippen molar-refractivity contribution in [1.29, 1.82) is 0 Å². The number of fused-ring (bicyclic) bond motifs is 9. The summed E-state index contributed by atoms with van der Waals surface area (Å²) in [5.74, 6) is 2.50. The van der Waals surface area contributed by atoms with Crippen molar-refractivity contribution in [3.8, 4) is 5.75 Å². The van der Waals surface area contributed by atoms with Gasteiger partial charge in [-0.3, -0.25) is 0 Å². The third-order valence-electron chi connectivity index (χ3n) is 9.98. The van der Waals surface area contributed by atoms with Gasteiger partial charge >= 0.3 is 0 Å². The summed E-state index contributed by atoms with van der Waals surface area (Å²) in [4.78, 5) is 0. The maximum atomic E-state index is 6.63. The summed E-state index contributed by atoms with van der Waals surface area (Å²) < 4.78 is 25.6. The fraction of sp³-hybridized carbons (Fsp3) is 0.769. The molecule has 170 valence electrons. The molecule has 0 amide bonds. The van der Waals surface area contributed by atoms with Crippen LogP contribution in [0.4, 0.5) is 0 Å². The maximum absolute atomic E-state index is 6.63. The summed E-state index contributed by atoms with van der Waals surface area (Å²) >= 11 is 0. The van der Waals surface area contributed by atoms with Crippen molar-refractivity contribution in [3.63, 3.8) is 0 Å². The van der Waals surface area contributed by atoms with E-state index < -0.39 is 8.32 Å². The summed E-state index contributed by atoms with van der Waals surface area (Å²) in [6, 6.07) is 6.90. The monoisotopic (exact) mass is 442 g/mol. The number of benzene rings is 1. The van der Waals surface area contributed by atoms with Crippen LogP contribution >= 0.6 is 0 Å². The molecule has 0 bridgehead atoms. The second kappa shape index (κ2) is 6.37. The highest BCUT2D eigenvalue weighted by atomic mass is 28.4. The van der Waals surface area contributed by atoms with Crippen LogP contribution in [0.1, 0.15) is 76.5 Å². The molecule has 5 aliphatic rings. The van der Waals surface area contributed by atoms with Gasteiger partial charge < -0.3 is 18.6 Å². The van der Waals surface area contributed by atoms with Gasteiger partial charge in [-0.25, -0.2) is 0 Å². The Hall–Kier alpha value is -0.883. The van der Waals surface area contributed by atoms with Gasteiger partial charge in [0.05, 0.1) is 19.3 Å². The minimum Gasteiger partial charge on any atom is -0.543 e. The topological polar surface area (TPSA) is 40.2 Å². The normalized spacial score (nSPS) is 40.1. The first-order valence-electron chi connectivity index (χ1n) is 12.3. The molecule has 4 unspecified atom stereocenters. The molecule has 1 aromatic rings. The van der Waals surface area contributed by atoms with Crippen LogP contribution in [-0.4, -0.2) is 33.4 Å². The molecule has 5 heteroatoms. The molecule has 2 aliphatic heterocycles. The summed E-state index contributed by atoms with van der Waals surface area (Å²) in [7, 11) is -1.85. The zero-order valence-electron chi connectivity index (χ0n) is 20.0. The average molecular weight is 443 g/mol. The van der Waals surface area contributed by atoms with E-state index >= 15 is 0 Å². The number of ether oxygens (including phenoxy) is 3. The van der Waals surface area contributed by atoms with Gasteiger partial charge in [0.1, 0.15) is 11.9 Å². The molecule has 6 atom stereocenters. The van der Waals surface area contributed by atoms with E-state index in [1.54, 1.807) is 0 Å². The highest BCUT2D eigenvalue weighted by Gasteiger charge is 2.69. The lowest BCUT2D eigenvalue weighted by Gasteiger charge is -2.52. The van der Waals surface area contributed by atoms with Crippen molar-refractivity contribution in [3.05, 3.63) is 29.3 Å². The Labute approximate surface area is 188 Å². The van der Waals surface area contributed by atoms with E-state index in [0.29, 0.717) is 23.9 Å². The molecule has 0 aromatic heterocycles. The Balaban J connectivity index is 1.31. The van der Waals surface area contributed by atoms with Crippen LogP contribution in [0.25, 0.3) is 0 Å². The molecule has 0 N–H and O–H groups in total. The summed E-state index contributed by atoms with van der Waals surface area (Å²) in [6.45, 7) is 15.5. The van der Waals surface area contributed by atoms with Crippen LogP contribution in [0.2, 0.25) is 18.1 Å². The quantitative estimate of drug-likeness (QED) is 0.405. The Morgan fingerprint density at radius 3 is 2.48 bits per heavy atom. The number of hydrogen-bond acceptors (Lipinski definition) is 4. The van der Waals surface area contributed by atoms with Crippen LogP contribution in [0.3, 0.4) is 0 Å². The molecular weight excluding hydrogens is 404 g/mol. The zero-order valence-corrected chi connectivity index (χ0v) is 21.0. The number of epoxide rings is 1. The van der Waals surface area contributed by atoms with Gasteiger partial charge in [0.2, 0.25) is 8.32 Å². The third-order valence-corrected chi connectivity index (χ3v) is 14.3. The van der Waals surface area contributed by atoms with Crippen LogP contribution < -0.4 is 4.43 Å². The van der Waals surface area contributed by atoms with Crippen molar-refractivity contribution in [2.45, 2.75) is 95.4 Å². The average Bonchev–Trinajstić information content (AvgIpc) is 3.26. The largest absolute Gasteiger partial charge is 0.543 e. The van der Waals surface area contributed by atoms with Gasteiger partial charge in [-0.1, -0.05) is 33.8 Å². The lowest BCUT2D eigenvalue weighted by atomic mass is 9.54. The summed E-state index contributed by atoms with van der Waals surface area (Å²) in [6.07, 6.45) is 5.24. The minimum absolute atomic E-state index is 0.115. The molecule has 31 heavy (non-hydrogen) atoms. The van der Waals surface area contributed by atoms with E-state index in [4.69, 9.17) is 18.6 Å². The van der Waals surface area contributed by atoms with Gasteiger partial charge in [0, 0.05) is 11.8 Å². The first kappa shape index (κ1) is 20.7. The van der Waals surface area contributed by atoms with Gasteiger partial charge in [-0.15, -0.1) is 0 Å². The molecule has 2 saturated heterocycles. The first-order chi connectivity index (χ1) is 14.6. The smallest absolute Gasteiger partial charge is 0.250 e. The van der Waals surface area contributed by atoms with Gasteiger partial charge in [-0.2, -0.15) is 0 Å². The lowest BCUT2D eigenvalue weighted by Crippen LogP contribution is -2.52. The highest BCUT2D eigenvalue weighted by molar-refractivity contribution is 6.74. The van der Waals surface area contributed by atoms with Crippen LogP contribution in [-0.2, 0) is 14.2 Å². The van der Waals surface area contributed by atoms with Gasteiger partial charge in [0.25, 0.3) is 0 Å². The van der Waals surface area contributed by atoms with E-state index in [1.807, 2.05) is 0 Å². The predicted octanol–water partition coefficient (Wildman–Crippen LogP) is 6.18. The second-order valence-electron chi connectivity index (χ2n) is 12.4. The molecule has 4 fully saturated rings. The Bertz CT molecular complexity index is 899. The molecule has 0 radical (unpaired) electrons. The van der Waals surface area contributed by atoms with Crippen molar-refractivity contribution in [2.24, 2.45) is 17.3 Å². The van der Waals surface area contributed by atoms with Crippen molar-refractivity contribution in [1.82, 2.24) is 0 Å². The molecule has 2 heterocycles. The lowest BCUT2D eigenvalue weighted by molar-refractivity contribution is -0.237. The first-order valence-corrected chi connectivity index (χ1v) is 15.2. The molecule has 6 rings (SSSR count). The Morgan fingerprint density at radius 1 is 1.03 bits per heavy atom. The predicted molar refractivity (Wildman–Crippen MR) is 123 cm³/mol. The van der Waals surface area contributed by atoms with E-state index in [0.717, 1.165) is 25.4 Å². The van der Waals surface area contributed by atoms with E-state index in [9.17, 15) is 0 Å². The van der Waals surface area contributed by atoms with Crippen molar-refractivity contribution >= 4 is 8.32 Å². The summed E-state index contributed by atoms with van der Waals surface area (Å²) in [5, 5.41) is 0.198. The Kier molecular flexibility index (Phi) is 4.25. The second-order valence-corrected chi connectivity index (χ2v) is 17.1. The van der Waals surface area contributed by atoms with E-state index in [1.165, 1.54) is 30.4 Å². The van der Waals surface area contributed by atoms with Crippen LogP contribution in [0.15, 0.2) is 18.2 Å². The fourth-order valence-electron chi connectivity index (χ4n) is 7.22. The summed E-state index contributed by atoms with van der Waals surface area (Å²) in [5.41, 5.74) is 3.03. The Morgan fingerprint density at radius 2 is 1.77 bits per heavy atom. The van der Waals surface area contributed by atoms with Gasteiger partial charge in [-0.05, 0) is 78.4 Å². The molecule has 4 nitrogen and oxygen atoms in total. The van der Waals surface area contributed by atoms with E-state index in [-0.39, 0.29) is 22.3 Å². The molecule has 1 spiro atoms. The number of hydrogen-bond donors (Lipinski definition) is 0. The molecule has 1 aromatic carbocycles. The fourth-order valence-corrected chi connectivity index (χ4v) is 8.24. The molecular formula is C26H38O4Si. The van der Waals surface area contributed by atoms with Crippen molar-refractivity contribution < 1.29 is 18.6 Å². The highest BCUT2D eigenvalue weighted by Crippen LogP contribution is 2.70.